The molecule has 0 unspecified atom stereocenters. The van der Waals surface area contributed by atoms with Crippen LogP contribution in [0.1, 0.15) is 21.6 Å². The van der Waals surface area contributed by atoms with Crippen molar-refractivity contribution in [2.75, 3.05) is 0 Å². The number of aryl methyl sites for hydroxylation is 1. The second-order valence-corrected chi connectivity index (χ2v) is 2.58. The molecule has 4 nitrogen and oxygen atoms in total. The molecular weight excluding hydrogens is 182 g/mol. The number of carbonyl (C=O) groups is 2. The van der Waals surface area contributed by atoms with Gasteiger partial charge in [0.15, 0.2) is 12.0 Å². The van der Waals surface area contributed by atoms with Gasteiger partial charge in [-0.15, -0.1) is 0 Å². The Morgan fingerprint density at radius 1 is 1.64 bits per heavy atom. The number of aromatic carboxylic acids is 1. The minimum atomic E-state index is -1.07. The number of carboxylic acid groups (broad SMARTS) is 1. The Morgan fingerprint density at radius 3 is 2.86 bits per heavy atom. The number of aromatic nitrogens is 1. The first kappa shape index (κ1) is 9.93. The SMILES string of the molecule is Cc1cc(C#CC=O)cnc1C(=O)O. The van der Waals surface area contributed by atoms with E-state index in [-0.39, 0.29) is 5.69 Å². The van der Waals surface area contributed by atoms with Gasteiger partial charge in [-0.25, -0.2) is 9.78 Å². The maximum atomic E-state index is 10.6. The van der Waals surface area contributed by atoms with E-state index in [2.05, 4.69) is 16.8 Å². The maximum absolute atomic E-state index is 10.6. The first-order chi connectivity index (χ1) is 6.65. The molecule has 0 aliphatic rings. The van der Waals surface area contributed by atoms with Crippen LogP contribution in [0, 0.1) is 18.8 Å². The molecule has 14 heavy (non-hydrogen) atoms. The normalized spacial score (nSPS) is 8.64. The zero-order valence-corrected chi connectivity index (χ0v) is 7.44. The Bertz CT molecular complexity index is 440. The number of hydrogen-bond acceptors (Lipinski definition) is 3. The number of carboxylic acids is 1. The molecule has 1 aromatic rings. The molecule has 0 radical (unpaired) electrons. The Labute approximate surface area is 80.6 Å². The Kier molecular flexibility index (Phi) is 2.97. The third-order valence-electron chi connectivity index (χ3n) is 1.56. The lowest BCUT2D eigenvalue weighted by Gasteiger charge is -1.98. The van der Waals surface area contributed by atoms with Gasteiger partial charge in [-0.1, -0.05) is 5.92 Å². The number of nitrogens with zero attached hydrogens (tertiary/aromatic N) is 1. The topological polar surface area (TPSA) is 67.3 Å². The van der Waals surface area contributed by atoms with Crippen LogP contribution in [0.15, 0.2) is 12.3 Å². The Morgan fingerprint density at radius 2 is 2.36 bits per heavy atom. The molecule has 1 N–H and O–H groups in total. The van der Waals surface area contributed by atoms with Gasteiger partial charge in [0.25, 0.3) is 0 Å². The van der Waals surface area contributed by atoms with E-state index in [1.54, 1.807) is 13.0 Å². The smallest absolute Gasteiger partial charge is 0.354 e. The number of aldehydes is 1. The molecule has 0 saturated carbocycles. The summed E-state index contributed by atoms with van der Waals surface area (Å²) in [4.78, 5) is 24.3. The summed E-state index contributed by atoms with van der Waals surface area (Å²) in [5.41, 5.74) is 1.05. The highest BCUT2D eigenvalue weighted by molar-refractivity contribution is 5.87. The molecule has 70 valence electrons. The quantitative estimate of drug-likeness (QED) is 0.520. The van der Waals surface area contributed by atoms with E-state index in [1.165, 1.54) is 6.20 Å². The molecule has 0 aliphatic carbocycles. The minimum absolute atomic E-state index is 0.00153. The Balaban J connectivity index is 3.12. The summed E-state index contributed by atoms with van der Waals surface area (Å²) in [6.07, 6.45) is 1.80. The second-order valence-electron chi connectivity index (χ2n) is 2.58. The fourth-order valence-corrected chi connectivity index (χ4v) is 0.980. The van der Waals surface area contributed by atoms with Crippen molar-refractivity contribution in [3.05, 3.63) is 29.1 Å². The van der Waals surface area contributed by atoms with Crippen molar-refractivity contribution in [2.24, 2.45) is 0 Å². The molecule has 1 rings (SSSR count). The van der Waals surface area contributed by atoms with E-state index in [4.69, 9.17) is 5.11 Å². The van der Waals surface area contributed by atoms with Crippen LogP contribution < -0.4 is 0 Å². The zero-order chi connectivity index (χ0) is 10.6. The van der Waals surface area contributed by atoms with Gasteiger partial charge in [0.1, 0.15) is 0 Å². The molecule has 1 aromatic heterocycles. The van der Waals surface area contributed by atoms with Crippen molar-refractivity contribution in [3.63, 3.8) is 0 Å². The molecule has 4 heteroatoms. The van der Waals surface area contributed by atoms with Gasteiger partial charge in [-0.3, -0.25) is 4.79 Å². The van der Waals surface area contributed by atoms with Gasteiger partial charge in [-0.2, -0.15) is 0 Å². The number of carbonyl (C=O) groups excluding carboxylic acids is 1. The summed E-state index contributed by atoms with van der Waals surface area (Å²) in [6, 6.07) is 1.58. The van der Waals surface area contributed by atoms with Gasteiger partial charge in [0, 0.05) is 11.8 Å². The van der Waals surface area contributed by atoms with E-state index in [0.717, 1.165) is 0 Å². The predicted molar refractivity (Wildman–Crippen MR) is 48.9 cm³/mol. The van der Waals surface area contributed by atoms with Crippen LogP contribution in [0.4, 0.5) is 0 Å². The van der Waals surface area contributed by atoms with Crippen LogP contribution >= 0.6 is 0 Å². The van der Waals surface area contributed by atoms with E-state index in [0.29, 0.717) is 17.4 Å². The highest BCUT2D eigenvalue weighted by atomic mass is 16.4. The van der Waals surface area contributed by atoms with Crippen LogP contribution in [-0.2, 0) is 4.79 Å². The van der Waals surface area contributed by atoms with Crippen LogP contribution in [0.25, 0.3) is 0 Å². The number of pyridine rings is 1. The Hall–Kier alpha value is -2.15. The first-order valence-electron chi connectivity index (χ1n) is 3.80. The van der Waals surface area contributed by atoms with Crippen molar-refractivity contribution in [2.45, 2.75) is 6.92 Å². The largest absolute Gasteiger partial charge is 0.477 e. The van der Waals surface area contributed by atoms with E-state index < -0.39 is 5.97 Å². The summed E-state index contributed by atoms with van der Waals surface area (Å²) in [5.74, 6) is 3.68. The van der Waals surface area contributed by atoms with Gasteiger partial charge in [0.2, 0.25) is 0 Å². The highest BCUT2D eigenvalue weighted by Crippen LogP contribution is 2.06. The minimum Gasteiger partial charge on any atom is -0.477 e. The molecule has 0 bridgehead atoms. The zero-order valence-electron chi connectivity index (χ0n) is 7.44. The number of hydrogen-bond donors (Lipinski definition) is 1. The number of rotatable bonds is 1. The summed E-state index contributed by atoms with van der Waals surface area (Å²) in [5, 5.41) is 8.68. The second kappa shape index (κ2) is 4.19. The maximum Gasteiger partial charge on any atom is 0.354 e. The molecule has 0 saturated heterocycles. The third kappa shape index (κ3) is 2.17. The monoisotopic (exact) mass is 189 g/mol. The lowest BCUT2D eigenvalue weighted by molar-refractivity contribution is -0.103. The molecular formula is C10H7NO3. The standard InChI is InChI=1S/C10H7NO3/c1-7-5-8(3-2-4-12)6-11-9(7)10(13)14/h4-6H,1H3,(H,13,14). The average Bonchev–Trinajstić information content (AvgIpc) is 2.14. The molecule has 0 atom stereocenters. The molecule has 0 aromatic carbocycles. The van der Waals surface area contributed by atoms with Gasteiger partial charge in [0.05, 0.1) is 0 Å². The highest BCUT2D eigenvalue weighted by Gasteiger charge is 2.07. The molecule has 0 aliphatic heterocycles. The first-order valence-corrected chi connectivity index (χ1v) is 3.80. The summed E-state index contributed by atoms with van der Waals surface area (Å²) in [7, 11) is 0. The van der Waals surface area contributed by atoms with Crippen molar-refractivity contribution < 1.29 is 14.7 Å². The van der Waals surface area contributed by atoms with Gasteiger partial charge >= 0.3 is 5.97 Å². The van der Waals surface area contributed by atoms with Crippen LogP contribution in [0.2, 0.25) is 0 Å². The average molecular weight is 189 g/mol. The molecule has 0 amide bonds. The van der Waals surface area contributed by atoms with Crippen LogP contribution in [0.5, 0.6) is 0 Å². The molecule has 0 fully saturated rings. The van der Waals surface area contributed by atoms with Crippen LogP contribution in [0.3, 0.4) is 0 Å². The fraction of sp³-hybridized carbons (Fsp3) is 0.100. The lowest BCUT2D eigenvalue weighted by Crippen LogP contribution is -2.03. The van der Waals surface area contributed by atoms with E-state index >= 15 is 0 Å². The summed E-state index contributed by atoms with van der Waals surface area (Å²) >= 11 is 0. The van der Waals surface area contributed by atoms with E-state index in [1.807, 2.05) is 0 Å². The molecule has 0 spiro atoms. The lowest BCUT2D eigenvalue weighted by atomic mass is 10.1. The van der Waals surface area contributed by atoms with Crippen molar-refractivity contribution in [1.29, 1.82) is 0 Å². The van der Waals surface area contributed by atoms with E-state index in [9.17, 15) is 9.59 Å². The van der Waals surface area contributed by atoms with Crippen molar-refractivity contribution >= 4 is 12.3 Å². The predicted octanol–water partition coefficient (Wildman–Crippen LogP) is 0.639. The van der Waals surface area contributed by atoms with Crippen molar-refractivity contribution in [1.82, 2.24) is 4.98 Å². The van der Waals surface area contributed by atoms with Crippen molar-refractivity contribution in [3.8, 4) is 11.8 Å². The van der Waals surface area contributed by atoms with Gasteiger partial charge < -0.3 is 5.11 Å². The summed E-state index contributed by atoms with van der Waals surface area (Å²) < 4.78 is 0. The summed E-state index contributed by atoms with van der Waals surface area (Å²) in [6.45, 7) is 1.63. The van der Waals surface area contributed by atoms with Gasteiger partial charge in [-0.05, 0) is 24.5 Å². The van der Waals surface area contributed by atoms with Crippen LogP contribution in [-0.4, -0.2) is 22.3 Å². The molecule has 1 heterocycles. The fourth-order valence-electron chi connectivity index (χ4n) is 0.980. The third-order valence-corrected chi connectivity index (χ3v) is 1.56.